The molecule has 15 heteroatoms. The lowest BCUT2D eigenvalue weighted by Crippen LogP contribution is -2.43. The van der Waals surface area contributed by atoms with E-state index in [4.69, 9.17) is 10.5 Å². The number of aliphatic hydroxyl groups is 1. The molecule has 0 bridgehead atoms. The van der Waals surface area contributed by atoms with Gasteiger partial charge in [-0.2, -0.15) is 28.4 Å². The fraction of sp³-hybridized carbons (Fsp3) is 0.433. The van der Waals surface area contributed by atoms with Gasteiger partial charge in [-0.15, -0.1) is 11.3 Å². The quantitative estimate of drug-likeness (QED) is 0.222. The number of nitriles is 1. The van der Waals surface area contributed by atoms with Crippen molar-refractivity contribution in [1.29, 1.82) is 5.26 Å². The largest absolute Gasteiger partial charge is 0.461 e. The van der Waals surface area contributed by atoms with Crippen LogP contribution in [0.2, 0.25) is 0 Å². The van der Waals surface area contributed by atoms with Crippen molar-refractivity contribution < 1.29 is 36.2 Å². The van der Waals surface area contributed by atoms with Gasteiger partial charge in [0.1, 0.15) is 41.0 Å². The number of hydrogen-bond acceptors (Lipinski definition) is 9. The molecule has 0 aliphatic carbocycles. The summed E-state index contributed by atoms with van der Waals surface area (Å²) in [6.07, 6.45) is -4.14. The Hall–Kier alpha value is -3.87. The van der Waals surface area contributed by atoms with Gasteiger partial charge in [-0.25, -0.2) is 13.2 Å². The maximum Gasteiger partial charge on any atom is 0.417 e. The van der Waals surface area contributed by atoms with E-state index in [0.717, 1.165) is 24.6 Å². The van der Waals surface area contributed by atoms with Gasteiger partial charge in [0, 0.05) is 49.5 Å². The third-order valence-electron chi connectivity index (χ3n) is 8.64. The molecule has 6 rings (SSSR count). The van der Waals surface area contributed by atoms with E-state index in [1.807, 2.05) is 4.90 Å². The van der Waals surface area contributed by atoms with Gasteiger partial charge in [-0.3, -0.25) is 4.90 Å². The third kappa shape index (κ3) is 5.28. The highest BCUT2D eigenvalue weighted by Gasteiger charge is 2.49. The van der Waals surface area contributed by atoms with Crippen LogP contribution in [-0.4, -0.2) is 71.6 Å². The van der Waals surface area contributed by atoms with Crippen LogP contribution in [-0.2, 0) is 6.18 Å². The van der Waals surface area contributed by atoms with Crippen molar-refractivity contribution in [2.24, 2.45) is 0 Å². The minimum atomic E-state index is -5.09. The number of thiophene rings is 1. The van der Waals surface area contributed by atoms with Crippen molar-refractivity contribution in [1.82, 2.24) is 14.9 Å². The standard InChI is InChI=1S/C30H28F6N6O2S/c1-41(7-3-9-43)27-17-10-19(30(34,35)36)22(16-4-5-20(32)25-21(16)18(12-37)26(38)45-25)23(33)24(17)39-28(40-27)44-14-29-6-2-8-42(29)13-15(31)11-29/h4-5,10,15,43H,2-3,6-9,11,13-14,38H2,1H3. The summed E-state index contributed by atoms with van der Waals surface area (Å²) < 4.78 is 95.7. The number of halogens is 6. The third-order valence-corrected chi connectivity index (χ3v) is 9.67. The molecule has 0 spiro atoms. The van der Waals surface area contributed by atoms with Crippen LogP contribution in [0.4, 0.5) is 37.2 Å². The summed E-state index contributed by atoms with van der Waals surface area (Å²) in [5.74, 6) is -2.28. The maximum atomic E-state index is 16.7. The molecule has 2 fully saturated rings. The van der Waals surface area contributed by atoms with Crippen LogP contribution >= 0.6 is 11.3 Å². The number of nitrogens with zero attached hydrogens (tertiary/aromatic N) is 5. The number of fused-ring (bicyclic) bond motifs is 3. The van der Waals surface area contributed by atoms with Crippen LogP contribution in [0.15, 0.2) is 18.2 Å². The zero-order valence-corrected chi connectivity index (χ0v) is 24.8. The highest BCUT2D eigenvalue weighted by Crippen LogP contribution is 2.48. The number of anilines is 2. The Bertz CT molecular complexity index is 1840. The number of aromatic nitrogens is 2. The molecule has 45 heavy (non-hydrogen) atoms. The summed E-state index contributed by atoms with van der Waals surface area (Å²) in [7, 11) is 1.53. The first kappa shape index (κ1) is 31.1. The Morgan fingerprint density at radius 2 is 2.07 bits per heavy atom. The minimum Gasteiger partial charge on any atom is -0.461 e. The monoisotopic (exact) mass is 650 g/mol. The number of nitrogen functional groups attached to an aromatic ring is 1. The fourth-order valence-electron chi connectivity index (χ4n) is 6.60. The van der Waals surface area contributed by atoms with Gasteiger partial charge < -0.3 is 20.5 Å². The average molecular weight is 651 g/mol. The van der Waals surface area contributed by atoms with E-state index in [0.29, 0.717) is 24.3 Å². The van der Waals surface area contributed by atoms with Crippen LogP contribution < -0.4 is 15.4 Å². The molecule has 2 aliphatic rings. The molecule has 238 valence electrons. The van der Waals surface area contributed by atoms with Gasteiger partial charge in [0.15, 0.2) is 5.82 Å². The first-order valence-corrected chi connectivity index (χ1v) is 15.1. The number of benzene rings is 2. The van der Waals surface area contributed by atoms with Crippen molar-refractivity contribution in [2.45, 2.75) is 43.6 Å². The second kappa shape index (κ2) is 11.5. The van der Waals surface area contributed by atoms with Gasteiger partial charge in [0.05, 0.1) is 21.4 Å². The fourth-order valence-corrected chi connectivity index (χ4v) is 7.55. The van der Waals surface area contributed by atoms with Gasteiger partial charge in [0.25, 0.3) is 0 Å². The highest BCUT2D eigenvalue weighted by atomic mass is 32.1. The predicted octanol–water partition coefficient (Wildman–Crippen LogP) is 6.04. The van der Waals surface area contributed by atoms with E-state index in [-0.39, 0.29) is 82.6 Å². The average Bonchev–Trinajstić information content (AvgIpc) is 3.64. The second-order valence-corrected chi connectivity index (χ2v) is 12.5. The lowest BCUT2D eigenvalue weighted by molar-refractivity contribution is -0.137. The Morgan fingerprint density at radius 1 is 1.29 bits per heavy atom. The van der Waals surface area contributed by atoms with E-state index in [9.17, 15) is 32.3 Å². The van der Waals surface area contributed by atoms with Crippen LogP contribution in [0, 0.1) is 23.0 Å². The number of hydrogen-bond donors (Lipinski definition) is 2. The summed E-state index contributed by atoms with van der Waals surface area (Å²) in [5.41, 5.74) is 1.84. The molecule has 3 N–H and O–H groups in total. The van der Waals surface area contributed by atoms with Crippen LogP contribution in [0.1, 0.15) is 36.8 Å². The predicted molar refractivity (Wildman–Crippen MR) is 158 cm³/mol. The van der Waals surface area contributed by atoms with Crippen LogP contribution in [0.25, 0.3) is 32.1 Å². The molecule has 2 atom stereocenters. The number of aliphatic hydroxyl groups excluding tert-OH is 1. The minimum absolute atomic E-state index is 0.00781. The Balaban J connectivity index is 1.58. The van der Waals surface area contributed by atoms with E-state index < -0.39 is 46.2 Å². The summed E-state index contributed by atoms with van der Waals surface area (Å²) in [6.45, 7) is 0.897. The molecular formula is C30H28F6N6O2S. The van der Waals surface area contributed by atoms with Crippen molar-refractivity contribution in [3.05, 3.63) is 41.0 Å². The van der Waals surface area contributed by atoms with Crippen LogP contribution in [0.5, 0.6) is 6.01 Å². The molecule has 2 unspecified atom stereocenters. The van der Waals surface area contributed by atoms with E-state index in [1.54, 1.807) is 6.07 Å². The Labute approximate surface area is 257 Å². The first-order valence-electron chi connectivity index (χ1n) is 14.2. The zero-order chi connectivity index (χ0) is 32.3. The van der Waals surface area contributed by atoms with Crippen molar-refractivity contribution >= 4 is 43.1 Å². The normalized spacial score (nSPS) is 20.2. The molecule has 0 amide bonds. The molecule has 0 radical (unpaired) electrons. The van der Waals surface area contributed by atoms with Gasteiger partial charge in [-0.1, -0.05) is 6.07 Å². The lowest BCUT2D eigenvalue weighted by atomic mass is 9.92. The lowest BCUT2D eigenvalue weighted by Gasteiger charge is -2.31. The van der Waals surface area contributed by atoms with Crippen molar-refractivity contribution in [3.8, 4) is 23.2 Å². The number of nitrogens with two attached hydrogens (primary N) is 1. The summed E-state index contributed by atoms with van der Waals surface area (Å²) >= 11 is 0.677. The summed E-state index contributed by atoms with van der Waals surface area (Å²) in [4.78, 5) is 12.0. The molecule has 0 saturated carbocycles. The summed E-state index contributed by atoms with van der Waals surface area (Å²) in [5, 5.41) is 18.5. The van der Waals surface area contributed by atoms with E-state index >= 15 is 4.39 Å². The SMILES string of the molecule is CN(CCCO)c1nc(OCC23CCCN2CC(F)C3)nc2c(F)c(-c3ccc(F)c4sc(N)c(C#N)c34)c(C(F)(F)F)cc12. The Morgan fingerprint density at radius 3 is 2.78 bits per heavy atom. The molecule has 4 heterocycles. The van der Waals surface area contributed by atoms with Crippen LogP contribution in [0.3, 0.4) is 0 Å². The van der Waals surface area contributed by atoms with Gasteiger partial charge in [-0.05, 0) is 43.5 Å². The van der Waals surface area contributed by atoms with Crippen molar-refractivity contribution in [2.75, 3.05) is 50.5 Å². The molecule has 8 nitrogen and oxygen atoms in total. The number of rotatable bonds is 8. The highest BCUT2D eigenvalue weighted by molar-refractivity contribution is 7.23. The van der Waals surface area contributed by atoms with Gasteiger partial charge in [0.2, 0.25) is 0 Å². The van der Waals surface area contributed by atoms with Crippen molar-refractivity contribution in [3.63, 3.8) is 0 Å². The maximum absolute atomic E-state index is 16.7. The molecule has 4 aromatic rings. The molecule has 2 saturated heterocycles. The zero-order valence-electron chi connectivity index (χ0n) is 24.0. The molecule has 2 aromatic heterocycles. The topological polar surface area (TPSA) is 112 Å². The summed E-state index contributed by atoms with van der Waals surface area (Å²) in [6, 6.07) is 4.09. The molecule has 2 aromatic carbocycles. The van der Waals surface area contributed by atoms with E-state index in [2.05, 4.69) is 9.97 Å². The number of ether oxygens (including phenoxy) is 1. The number of alkyl halides is 4. The Kier molecular flexibility index (Phi) is 7.95. The molecule has 2 aliphatic heterocycles. The van der Waals surface area contributed by atoms with Gasteiger partial charge >= 0.3 is 12.2 Å². The second-order valence-electron chi connectivity index (χ2n) is 11.5. The first-order chi connectivity index (χ1) is 21.4. The molecular weight excluding hydrogens is 622 g/mol. The van der Waals surface area contributed by atoms with E-state index in [1.165, 1.54) is 11.9 Å². The smallest absolute Gasteiger partial charge is 0.417 e.